The fourth-order valence-electron chi connectivity index (χ4n) is 1.52. The zero-order valence-electron chi connectivity index (χ0n) is 9.61. The first-order chi connectivity index (χ1) is 7.58. The minimum absolute atomic E-state index is 0.973. The van der Waals surface area contributed by atoms with Crippen LogP contribution in [0.3, 0.4) is 0 Å². The molecule has 0 spiro atoms. The van der Waals surface area contributed by atoms with Crippen LogP contribution in [0.15, 0.2) is 34.8 Å². The number of anilines is 1. The van der Waals surface area contributed by atoms with Gasteiger partial charge in [0.2, 0.25) is 0 Å². The highest BCUT2D eigenvalue weighted by Crippen LogP contribution is 2.18. The Labute approximate surface area is 104 Å². The lowest BCUT2D eigenvalue weighted by atomic mass is 10.3. The Bertz CT molecular complexity index is 485. The molecule has 0 aliphatic heterocycles. The molecule has 0 unspecified atom stereocenters. The molecule has 0 atom stereocenters. The third-order valence-electron chi connectivity index (χ3n) is 2.40. The van der Waals surface area contributed by atoms with Crippen LogP contribution < -0.4 is 4.90 Å². The van der Waals surface area contributed by atoms with Crippen molar-refractivity contribution in [3.8, 4) is 5.69 Å². The Morgan fingerprint density at radius 3 is 2.31 bits per heavy atom. The van der Waals surface area contributed by atoms with Crippen molar-refractivity contribution in [3.05, 3.63) is 40.5 Å². The van der Waals surface area contributed by atoms with Crippen LogP contribution in [0, 0.1) is 6.92 Å². The largest absolute Gasteiger partial charge is 0.361 e. The molecule has 2 rings (SSSR count). The molecule has 1 heterocycles. The lowest BCUT2D eigenvalue weighted by Gasteiger charge is -2.07. The van der Waals surface area contributed by atoms with Crippen molar-refractivity contribution in [2.24, 2.45) is 0 Å². The summed E-state index contributed by atoms with van der Waals surface area (Å²) in [5.74, 6) is 0.973. The Kier molecular flexibility index (Phi) is 3.01. The van der Waals surface area contributed by atoms with Crippen molar-refractivity contribution >= 4 is 21.7 Å². The van der Waals surface area contributed by atoms with E-state index in [2.05, 4.69) is 34.0 Å². The van der Waals surface area contributed by atoms with Crippen molar-refractivity contribution in [1.82, 2.24) is 9.78 Å². The summed E-state index contributed by atoms with van der Waals surface area (Å²) in [6.45, 7) is 2.06. The molecular formula is C12H14BrN3. The second kappa shape index (κ2) is 4.29. The molecule has 0 amide bonds. The average molecular weight is 280 g/mol. The van der Waals surface area contributed by atoms with Crippen molar-refractivity contribution in [2.45, 2.75) is 6.92 Å². The van der Waals surface area contributed by atoms with E-state index >= 15 is 0 Å². The molecule has 3 nitrogen and oxygen atoms in total. The van der Waals surface area contributed by atoms with Crippen LogP contribution in [0.1, 0.15) is 5.69 Å². The highest BCUT2D eigenvalue weighted by Gasteiger charge is 2.06. The monoisotopic (exact) mass is 279 g/mol. The van der Waals surface area contributed by atoms with Gasteiger partial charge in [-0.05, 0) is 31.2 Å². The average Bonchev–Trinajstić information content (AvgIpc) is 2.62. The number of rotatable bonds is 2. The first-order valence-electron chi connectivity index (χ1n) is 5.08. The second-order valence-corrected chi connectivity index (χ2v) is 4.84. The van der Waals surface area contributed by atoms with Gasteiger partial charge in [-0.2, -0.15) is 5.10 Å². The third kappa shape index (κ3) is 2.11. The molecule has 0 bridgehead atoms. The SMILES string of the molecule is Cc1cc(N(C)C)nn1-c1ccc(Br)cc1. The molecule has 16 heavy (non-hydrogen) atoms. The van der Waals surface area contributed by atoms with E-state index in [0.29, 0.717) is 0 Å². The van der Waals surface area contributed by atoms with Crippen LogP contribution in [-0.4, -0.2) is 23.9 Å². The summed E-state index contributed by atoms with van der Waals surface area (Å²) in [4.78, 5) is 2.00. The van der Waals surface area contributed by atoms with Gasteiger partial charge in [-0.15, -0.1) is 0 Å². The Balaban J connectivity index is 2.44. The van der Waals surface area contributed by atoms with Crippen molar-refractivity contribution in [3.63, 3.8) is 0 Å². The number of halogens is 1. The summed E-state index contributed by atoms with van der Waals surface area (Å²) in [5, 5.41) is 4.54. The molecule has 0 saturated heterocycles. The Hall–Kier alpha value is -1.29. The van der Waals surface area contributed by atoms with E-state index < -0.39 is 0 Å². The van der Waals surface area contributed by atoms with Gasteiger partial charge in [-0.3, -0.25) is 0 Å². The summed E-state index contributed by atoms with van der Waals surface area (Å²) >= 11 is 3.43. The topological polar surface area (TPSA) is 21.1 Å². The minimum Gasteiger partial charge on any atom is -0.361 e. The lowest BCUT2D eigenvalue weighted by molar-refractivity contribution is 0.837. The zero-order valence-corrected chi connectivity index (χ0v) is 11.2. The number of benzene rings is 1. The highest BCUT2D eigenvalue weighted by atomic mass is 79.9. The van der Waals surface area contributed by atoms with Gasteiger partial charge in [0, 0.05) is 30.3 Å². The fourth-order valence-corrected chi connectivity index (χ4v) is 1.78. The van der Waals surface area contributed by atoms with Crippen LogP contribution in [0.4, 0.5) is 5.82 Å². The molecule has 0 aliphatic carbocycles. The third-order valence-corrected chi connectivity index (χ3v) is 2.93. The van der Waals surface area contributed by atoms with E-state index in [1.807, 2.05) is 47.9 Å². The maximum absolute atomic E-state index is 4.54. The van der Waals surface area contributed by atoms with Crippen LogP contribution in [0.2, 0.25) is 0 Å². The summed E-state index contributed by atoms with van der Waals surface area (Å²) in [7, 11) is 3.99. The predicted octanol–water partition coefficient (Wildman–Crippen LogP) is 3.01. The summed E-state index contributed by atoms with van der Waals surface area (Å²) in [6, 6.07) is 10.2. The summed E-state index contributed by atoms with van der Waals surface area (Å²) < 4.78 is 3.02. The Morgan fingerprint density at radius 2 is 1.81 bits per heavy atom. The molecule has 1 aromatic heterocycles. The van der Waals surface area contributed by atoms with Gasteiger partial charge in [0.15, 0.2) is 5.82 Å². The van der Waals surface area contributed by atoms with Gasteiger partial charge < -0.3 is 4.90 Å². The van der Waals surface area contributed by atoms with Crippen molar-refractivity contribution in [1.29, 1.82) is 0 Å². The van der Waals surface area contributed by atoms with Gasteiger partial charge in [-0.25, -0.2) is 4.68 Å². The molecular weight excluding hydrogens is 266 g/mol. The standard InChI is InChI=1S/C12H14BrN3/c1-9-8-12(15(2)3)14-16(9)11-6-4-10(13)5-7-11/h4-8H,1-3H3. The minimum atomic E-state index is 0.973. The fraction of sp³-hybridized carbons (Fsp3) is 0.250. The molecule has 0 N–H and O–H groups in total. The molecule has 0 fully saturated rings. The molecule has 84 valence electrons. The number of aromatic nitrogens is 2. The van der Waals surface area contributed by atoms with E-state index in [1.165, 1.54) is 0 Å². The zero-order chi connectivity index (χ0) is 11.7. The number of hydrogen-bond acceptors (Lipinski definition) is 2. The van der Waals surface area contributed by atoms with Crippen molar-refractivity contribution in [2.75, 3.05) is 19.0 Å². The van der Waals surface area contributed by atoms with E-state index in [9.17, 15) is 0 Å². The molecule has 0 radical (unpaired) electrons. The first kappa shape index (κ1) is 11.2. The molecule has 0 saturated carbocycles. The van der Waals surface area contributed by atoms with E-state index in [1.54, 1.807) is 0 Å². The first-order valence-corrected chi connectivity index (χ1v) is 5.87. The van der Waals surface area contributed by atoms with Gasteiger partial charge in [0.25, 0.3) is 0 Å². The summed E-state index contributed by atoms with van der Waals surface area (Å²) in [6.07, 6.45) is 0. The molecule has 2 aromatic rings. The van der Waals surface area contributed by atoms with Crippen LogP contribution >= 0.6 is 15.9 Å². The van der Waals surface area contributed by atoms with Gasteiger partial charge in [-0.1, -0.05) is 15.9 Å². The molecule has 1 aromatic carbocycles. The van der Waals surface area contributed by atoms with E-state index in [-0.39, 0.29) is 0 Å². The highest BCUT2D eigenvalue weighted by molar-refractivity contribution is 9.10. The predicted molar refractivity (Wildman–Crippen MR) is 70.3 cm³/mol. The van der Waals surface area contributed by atoms with Crippen molar-refractivity contribution < 1.29 is 0 Å². The Morgan fingerprint density at radius 1 is 1.19 bits per heavy atom. The van der Waals surface area contributed by atoms with Crippen LogP contribution in [-0.2, 0) is 0 Å². The molecule has 4 heteroatoms. The van der Waals surface area contributed by atoms with Crippen LogP contribution in [0.25, 0.3) is 5.69 Å². The quantitative estimate of drug-likeness (QED) is 0.843. The lowest BCUT2D eigenvalue weighted by Crippen LogP contribution is -2.09. The second-order valence-electron chi connectivity index (χ2n) is 3.93. The number of hydrogen-bond donors (Lipinski definition) is 0. The molecule has 0 aliphatic rings. The smallest absolute Gasteiger partial charge is 0.150 e. The maximum Gasteiger partial charge on any atom is 0.150 e. The summed E-state index contributed by atoms with van der Waals surface area (Å²) in [5.41, 5.74) is 2.21. The van der Waals surface area contributed by atoms with E-state index in [0.717, 1.165) is 21.7 Å². The van der Waals surface area contributed by atoms with Gasteiger partial charge in [0.05, 0.1) is 5.69 Å². The van der Waals surface area contributed by atoms with E-state index in [4.69, 9.17) is 0 Å². The number of aryl methyl sites for hydroxylation is 1. The van der Waals surface area contributed by atoms with Crippen LogP contribution in [0.5, 0.6) is 0 Å². The number of nitrogens with zero attached hydrogens (tertiary/aromatic N) is 3. The normalized spacial score (nSPS) is 10.5. The van der Waals surface area contributed by atoms with Gasteiger partial charge in [0.1, 0.15) is 0 Å². The van der Waals surface area contributed by atoms with Gasteiger partial charge >= 0.3 is 0 Å². The maximum atomic E-state index is 4.54.